The van der Waals surface area contributed by atoms with Crippen LogP contribution in [0.5, 0.6) is 0 Å². The van der Waals surface area contributed by atoms with E-state index in [2.05, 4.69) is 10.6 Å². The van der Waals surface area contributed by atoms with Gasteiger partial charge in [-0.2, -0.15) is 0 Å². The molecule has 0 bridgehead atoms. The number of hydrogen-bond donors (Lipinski definition) is 4. The van der Waals surface area contributed by atoms with E-state index in [0.717, 1.165) is 0 Å². The molecule has 0 radical (unpaired) electrons. The third kappa shape index (κ3) is 10.7. The Morgan fingerprint density at radius 3 is 2.28 bits per heavy atom. The van der Waals surface area contributed by atoms with Crippen molar-refractivity contribution in [3.63, 3.8) is 0 Å². The van der Waals surface area contributed by atoms with Crippen molar-refractivity contribution in [1.29, 1.82) is 0 Å². The number of nitrogens with two attached hydrogens (primary N) is 2. The second-order valence-electron chi connectivity index (χ2n) is 8.50. The zero-order valence-corrected chi connectivity index (χ0v) is 18.8. The third-order valence-corrected chi connectivity index (χ3v) is 4.39. The number of rotatable bonds is 12. The van der Waals surface area contributed by atoms with Gasteiger partial charge in [0, 0.05) is 12.8 Å². The largest absolute Gasteiger partial charge is 0.444 e. The highest BCUT2D eigenvalue weighted by Crippen LogP contribution is 2.21. The van der Waals surface area contributed by atoms with Gasteiger partial charge in [0.15, 0.2) is 0 Å². The van der Waals surface area contributed by atoms with Gasteiger partial charge in [-0.1, -0.05) is 18.6 Å². The summed E-state index contributed by atoms with van der Waals surface area (Å²) in [7, 11) is 0. The number of carbonyl (C=O) groups excluding carboxylic acids is 4. The molecule has 6 N–H and O–H groups in total. The molecule has 1 aromatic carbocycles. The molecule has 1 aromatic rings. The minimum atomic E-state index is -1.14. The number of benzene rings is 1. The van der Waals surface area contributed by atoms with Gasteiger partial charge in [-0.05, 0) is 58.1 Å². The molecule has 0 saturated heterocycles. The predicted molar refractivity (Wildman–Crippen MR) is 118 cm³/mol. The molecular weight excluding hydrogens is 419 g/mol. The van der Waals surface area contributed by atoms with Gasteiger partial charge in [-0.15, -0.1) is 0 Å². The molecule has 178 valence electrons. The number of halogens is 1. The Morgan fingerprint density at radius 1 is 1.03 bits per heavy atom. The minimum Gasteiger partial charge on any atom is -0.444 e. The number of alkyl carbamates (subject to hydrolysis) is 1. The van der Waals surface area contributed by atoms with Gasteiger partial charge in [0.05, 0.1) is 5.69 Å². The summed E-state index contributed by atoms with van der Waals surface area (Å²) in [6, 6.07) is 3.48. The standard InChI is InChI=1S/C22H33FN4O5/c1-22(2,3)32-21(31)27-16(12-13-18(25)29)20(30)26-15-10-7-9-14(19(15)23)8-5-4-6-11-17(24)28/h7,9-10,16H,4-6,8,11-13H2,1-3H3,(H2,24,28)(H2,25,29)(H,26,30)(H,27,31). The fourth-order valence-corrected chi connectivity index (χ4v) is 2.89. The van der Waals surface area contributed by atoms with Crippen molar-refractivity contribution < 1.29 is 28.3 Å². The molecule has 0 aliphatic rings. The summed E-state index contributed by atoms with van der Waals surface area (Å²) in [4.78, 5) is 46.7. The molecule has 0 aromatic heterocycles. The Bertz CT molecular complexity index is 823. The monoisotopic (exact) mass is 452 g/mol. The zero-order chi connectivity index (χ0) is 24.3. The van der Waals surface area contributed by atoms with Crippen LogP contribution in [0, 0.1) is 5.82 Å². The van der Waals surface area contributed by atoms with Crippen LogP contribution >= 0.6 is 0 Å². The van der Waals surface area contributed by atoms with E-state index < -0.39 is 35.4 Å². The number of ether oxygens (including phenoxy) is 1. The average Bonchev–Trinajstić information content (AvgIpc) is 2.65. The maximum absolute atomic E-state index is 14.9. The Balaban J connectivity index is 2.81. The van der Waals surface area contributed by atoms with Crippen molar-refractivity contribution in [3.8, 4) is 0 Å². The molecule has 4 amide bonds. The molecular formula is C22H33FN4O5. The molecule has 0 spiro atoms. The van der Waals surface area contributed by atoms with Gasteiger partial charge in [0.1, 0.15) is 17.5 Å². The predicted octanol–water partition coefficient (Wildman–Crippen LogP) is 2.51. The van der Waals surface area contributed by atoms with Crippen molar-refractivity contribution >= 4 is 29.5 Å². The first-order chi connectivity index (χ1) is 14.9. The second kappa shape index (κ2) is 12.6. The summed E-state index contributed by atoms with van der Waals surface area (Å²) in [5.41, 5.74) is 9.84. The van der Waals surface area contributed by atoms with Gasteiger partial charge >= 0.3 is 6.09 Å². The van der Waals surface area contributed by atoms with Gasteiger partial charge < -0.3 is 26.8 Å². The van der Waals surface area contributed by atoms with Crippen LogP contribution in [0.15, 0.2) is 18.2 Å². The normalized spacial score (nSPS) is 12.0. The van der Waals surface area contributed by atoms with Crippen LogP contribution in [-0.2, 0) is 25.5 Å². The topological polar surface area (TPSA) is 154 Å². The van der Waals surface area contributed by atoms with Gasteiger partial charge in [-0.3, -0.25) is 14.4 Å². The van der Waals surface area contributed by atoms with Crippen molar-refractivity contribution in [2.75, 3.05) is 5.32 Å². The molecule has 10 heteroatoms. The molecule has 0 aliphatic carbocycles. The highest BCUT2D eigenvalue weighted by Gasteiger charge is 2.25. The first kappa shape index (κ1) is 26.9. The van der Waals surface area contributed by atoms with Crippen LogP contribution in [0.4, 0.5) is 14.9 Å². The number of anilines is 1. The van der Waals surface area contributed by atoms with E-state index in [1.807, 2.05) is 0 Å². The summed E-state index contributed by atoms with van der Waals surface area (Å²) in [6.07, 6.45) is 1.66. The Hall–Kier alpha value is -3.17. The number of amides is 4. The summed E-state index contributed by atoms with van der Waals surface area (Å²) >= 11 is 0. The molecule has 0 heterocycles. The first-order valence-electron chi connectivity index (χ1n) is 10.5. The van der Waals surface area contributed by atoms with Crippen molar-refractivity contribution in [3.05, 3.63) is 29.6 Å². The number of unbranched alkanes of at least 4 members (excludes halogenated alkanes) is 2. The van der Waals surface area contributed by atoms with Crippen molar-refractivity contribution in [1.82, 2.24) is 5.32 Å². The minimum absolute atomic E-state index is 0.0419. The lowest BCUT2D eigenvalue weighted by molar-refractivity contribution is -0.120. The smallest absolute Gasteiger partial charge is 0.408 e. The van der Waals surface area contributed by atoms with Gasteiger partial charge in [-0.25, -0.2) is 9.18 Å². The van der Waals surface area contributed by atoms with Crippen LogP contribution in [-0.4, -0.2) is 35.5 Å². The highest BCUT2D eigenvalue weighted by atomic mass is 19.1. The maximum Gasteiger partial charge on any atom is 0.408 e. The van der Waals surface area contributed by atoms with E-state index in [9.17, 15) is 23.6 Å². The summed E-state index contributed by atoms with van der Waals surface area (Å²) in [6.45, 7) is 5.00. The molecule has 0 saturated carbocycles. The van der Waals surface area contributed by atoms with Crippen molar-refractivity contribution in [2.24, 2.45) is 11.5 Å². The molecule has 9 nitrogen and oxygen atoms in total. The number of carbonyl (C=O) groups is 4. The quantitative estimate of drug-likeness (QED) is 0.359. The van der Waals surface area contributed by atoms with Gasteiger partial charge in [0.2, 0.25) is 17.7 Å². The molecule has 32 heavy (non-hydrogen) atoms. The molecule has 1 unspecified atom stereocenters. The lowest BCUT2D eigenvalue weighted by atomic mass is 10.0. The fraction of sp³-hybridized carbons (Fsp3) is 0.545. The van der Waals surface area contributed by atoms with Crippen molar-refractivity contribution in [2.45, 2.75) is 77.4 Å². The fourth-order valence-electron chi connectivity index (χ4n) is 2.89. The molecule has 1 atom stereocenters. The van der Waals surface area contributed by atoms with E-state index in [-0.39, 0.29) is 30.9 Å². The van der Waals surface area contributed by atoms with Crippen LogP contribution in [0.1, 0.15) is 64.9 Å². The van der Waals surface area contributed by atoms with Crippen LogP contribution in [0.2, 0.25) is 0 Å². The summed E-state index contributed by atoms with van der Waals surface area (Å²) in [5.74, 6) is -2.29. The molecule has 0 aliphatic heterocycles. The number of primary amides is 2. The Morgan fingerprint density at radius 2 is 1.69 bits per heavy atom. The Labute approximate surface area is 187 Å². The van der Waals surface area contributed by atoms with Crippen LogP contribution < -0.4 is 22.1 Å². The lowest BCUT2D eigenvalue weighted by Gasteiger charge is -2.23. The van der Waals surface area contributed by atoms with Crippen LogP contribution in [0.3, 0.4) is 0 Å². The Kier molecular flexibility index (Phi) is 10.6. The van der Waals surface area contributed by atoms with Crippen LogP contribution in [0.25, 0.3) is 0 Å². The van der Waals surface area contributed by atoms with E-state index in [1.165, 1.54) is 6.07 Å². The second-order valence-corrected chi connectivity index (χ2v) is 8.50. The zero-order valence-electron chi connectivity index (χ0n) is 18.8. The first-order valence-corrected chi connectivity index (χ1v) is 10.5. The summed E-state index contributed by atoms with van der Waals surface area (Å²) in [5, 5.41) is 4.86. The highest BCUT2D eigenvalue weighted by molar-refractivity contribution is 5.97. The van der Waals surface area contributed by atoms with Gasteiger partial charge in [0.25, 0.3) is 0 Å². The van der Waals surface area contributed by atoms with E-state index >= 15 is 0 Å². The SMILES string of the molecule is CC(C)(C)OC(=O)NC(CCC(N)=O)C(=O)Nc1cccc(CCCCCC(N)=O)c1F. The summed E-state index contributed by atoms with van der Waals surface area (Å²) < 4.78 is 20.0. The molecule has 0 fully saturated rings. The average molecular weight is 453 g/mol. The van der Waals surface area contributed by atoms with E-state index in [1.54, 1.807) is 32.9 Å². The number of nitrogens with one attached hydrogen (secondary N) is 2. The lowest BCUT2D eigenvalue weighted by Crippen LogP contribution is -2.46. The maximum atomic E-state index is 14.9. The van der Waals surface area contributed by atoms with E-state index in [0.29, 0.717) is 31.2 Å². The number of aryl methyl sites for hydroxylation is 1. The van der Waals surface area contributed by atoms with E-state index in [4.69, 9.17) is 16.2 Å². The third-order valence-electron chi connectivity index (χ3n) is 4.39. The molecule has 1 rings (SSSR count). The number of hydrogen-bond acceptors (Lipinski definition) is 5.